The van der Waals surface area contributed by atoms with Crippen LogP contribution in [-0.4, -0.2) is 77.4 Å². The highest BCUT2D eigenvalue weighted by Crippen LogP contribution is 2.57. The summed E-state index contributed by atoms with van der Waals surface area (Å²) in [6.45, 7) is 4.99. The minimum Gasteiger partial charge on any atom is -0.460 e. The molecule has 1 unspecified atom stereocenters. The lowest BCUT2D eigenvalue weighted by Gasteiger charge is -2.29. The Kier molecular flexibility index (Phi) is 9.62. The average Bonchev–Trinajstić information content (AvgIpc) is 3.93. The minimum absolute atomic E-state index is 0.00324. The van der Waals surface area contributed by atoms with Crippen molar-refractivity contribution in [1.29, 1.82) is 0 Å². The first-order chi connectivity index (χ1) is 24.8. The number of ether oxygens (including phenoxy) is 2. The second kappa shape index (κ2) is 14.3. The van der Waals surface area contributed by atoms with E-state index in [4.69, 9.17) is 12.2 Å². The molecule has 1 saturated heterocycles. The first kappa shape index (κ1) is 34.3. The molecule has 51 heavy (non-hydrogen) atoms. The molecule has 3 heterocycles. The smallest absolute Gasteiger partial charge is 0.410 e. The van der Waals surface area contributed by atoms with E-state index in [2.05, 4.69) is 4.72 Å². The maximum atomic E-state index is 14.4. The molecule has 0 bridgehead atoms. The van der Waals surface area contributed by atoms with Gasteiger partial charge in [0.2, 0.25) is 21.8 Å². The van der Waals surface area contributed by atoms with Crippen LogP contribution in [0.3, 0.4) is 0 Å². The van der Waals surface area contributed by atoms with Crippen molar-refractivity contribution in [2.45, 2.75) is 127 Å². The van der Waals surface area contributed by atoms with E-state index in [0.717, 1.165) is 0 Å². The average molecular weight is 732 g/mol. The number of sulfonamides is 1. The van der Waals surface area contributed by atoms with Crippen LogP contribution in [0.25, 0.3) is 0 Å². The van der Waals surface area contributed by atoms with Crippen LogP contribution in [-0.2, 0) is 51.8 Å². The van der Waals surface area contributed by atoms with Crippen LogP contribution in [0, 0.1) is 23.1 Å². The third-order valence-corrected chi connectivity index (χ3v) is 12.2. The van der Waals surface area contributed by atoms with Crippen molar-refractivity contribution >= 4 is 39.7 Å². The lowest BCUT2D eigenvalue weighted by molar-refractivity contribution is -0.159. The Bertz CT molecular complexity index is 1810. The molecule has 2 saturated carbocycles. The fourth-order valence-electron chi connectivity index (χ4n) is 7.43. The molecule has 1 aromatic rings. The van der Waals surface area contributed by atoms with E-state index in [-0.39, 0.29) is 64.6 Å². The number of carbonyl (C=O) groups is 5. The summed E-state index contributed by atoms with van der Waals surface area (Å²) in [6, 6.07) is 3.41. The number of rotatable bonds is 6. The number of nitrogens with one attached hydrogen (secondary N) is 1. The second-order valence-corrected chi connectivity index (χ2v) is 17.5. The molecule has 5 aliphatic rings. The fourth-order valence-corrected chi connectivity index (χ4v) is 8.82. The van der Waals surface area contributed by atoms with Crippen molar-refractivity contribution in [2.75, 3.05) is 6.54 Å². The van der Waals surface area contributed by atoms with E-state index in [9.17, 15) is 36.8 Å². The monoisotopic (exact) mass is 731 g/mol. The predicted octanol–water partition coefficient (Wildman–Crippen LogP) is 4.69. The predicted molar refractivity (Wildman–Crippen MR) is 182 cm³/mol. The number of benzene rings is 1. The Morgan fingerprint density at radius 3 is 2.59 bits per heavy atom. The molecule has 2 aliphatic carbocycles. The molecule has 3 aliphatic heterocycles. The number of nitrogens with zero attached hydrogens (tertiary/aromatic N) is 2. The van der Waals surface area contributed by atoms with Crippen LogP contribution in [0.15, 0.2) is 30.4 Å². The van der Waals surface area contributed by atoms with Gasteiger partial charge in [-0.05, 0) is 76.8 Å². The Labute approximate surface area is 301 Å². The number of hydrogen-bond donors (Lipinski definition) is 1. The third kappa shape index (κ3) is 8.47. The van der Waals surface area contributed by atoms with Crippen molar-refractivity contribution in [3.63, 3.8) is 0 Å². The number of halogens is 1. The number of allylic oxidation sites excluding steroid dienone is 2. The summed E-state index contributed by atoms with van der Waals surface area (Å²) in [5, 5.41) is -0.680. The van der Waals surface area contributed by atoms with E-state index < -0.39 is 98.5 Å². The van der Waals surface area contributed by atoms with Crippen LogP contribution in [0.2, 0.25) is 0 Å². The van der Waals surface area contributed by atoms with Crippen LogP contribution < -0.4 is 4.72 Å². The van der Waals surface area contributed by atoms with Gasteiger partial charge in [0.25, 0.3) is 0 Å². The number of amides is 3. The van der Waals surface area contributed by atoms with E-state index in [0.29, 0.717) is 24.0 Å². The molecule has 278 valence electrons. The SMILES string of the molecule is [2H]C1([2H])C/C=C\[C@@H]2C[C@@]2(C(=O)NS(=O)(=O)C2CC2)CC(=O)[C@@H]2CC(OC(=O)N3Cc4cccc(F)c4C3)CN2C(=O)[C@@H](CC(=O)OC(C)(C)C)CCC1. The number of Topliss-reactive ketones (excluding diaryl/α,β-unsaturated/α-hetero) is 1. The molecule has 14 heteroatoms. The molecule has 0 radical (unpaired) electrons. The lowest BCUT2D eigenvalue weighted by Crippen LogP contribution is -2.46. The van der Waals surface area contributed by atoms with Crippen LogP contribution in [0.5, 0.6) is 0 Å². The highest BCUT2D eigenvalue weighted by molar-refractivity contribution is 7.90. The van der Waals surface area contributed by atoms with Crippen molar-refractivity contribution < 1.29 is 49.0 Å². The molecular weight excluding hydrogens is 681 g/mol. The van der Waals surface area contributed by atoms with Crippen molar-refractivity contribution in [2.24, 2.45) is 17.3 Å². The molecule has 12 nitrogen and oxygen atoms in total. The zero-order chi connectivity index (χ0) is 38.5. The van der Waals surface area contributed by atoms with Crippen molar-refractivity contribution in [3.8, 4) is 0 Å². The Balaban J connectivity index is 1.28. The van der Waals surface area contributed by atoms with Gasteiger partial charge in [-0.3, -0.25) is 28.8 Å². The Morgan fingerprint density at radius 2 is 1.88 bits per heavy atom. The molecule has 3 fully saturated rings. The summed E-state index contributed by atoms with van der Waals surface area (Å²) in [5.74, 6) is -4.53. The standard InChI is InChI=1S/C37H48FN3O9S/c1-36(2,3)50-32(43)16-23-10-7-5-4-6-8-12-25-18-37(25,34(45)39-51(47,48)27-14-15-27)19-31(42)30-17-26(21-41(30)33(23)44)49-35(46)40-20-24-11-9-13-29(38)28(24)22-40/h8-9,11-13,23,25-27,30H,4-7,10,14-22H2,1-3H3,(H,39,45)/b12-8-/t23-,25-,26?,30+,37-/m1/s1/i4D2. The quantitative estimate of drug-likeness (QED) is 0.324. The first-order valence-corrected chi connectivity index (χ1v) is 19.3. The molecule has 6 rings (SSSR count). The summed E-state index contributed by atoms with van der Waals surface area (Å²) >= 11 is 0. The van der Waals surface area contributed by atoms with Crippen LogP contribution in [0.1, 0.15) is 105 Å². The molecule has 3 amide bonds. The Morgan fingerprint density at radius 1 is 1.12 bits per heavy atom. The summed E-state index contributed by atoms with van der Waals surface area (Å²) in [5.41, 5.74) is -1.26. The summed E-state index contributed by atoms with van der Waals surface area (Å²) < 4.78 is 70.7. The molecule has 1 N–H and O–H groups in total. The van der Waals surface area contributed by atoms with E-state index >= 15 is 0 Å². The topological polar surface area (TPSA) is 156 Å². The van der Waals surface area contributed by atoms with Gasteiger partial charge in [0.15, 0.2) is 5.78 Å². The van der Waals surface area contributed by atoms with Crippen molar-refractivity contribution in [3.05, 3.63) is 47.3 Å². The minimum atomic E-state index is -3.95. The Hall–Kier alpha value is -3.81. The van der Waals surface area contributed by atoms with E-state index in [1.54, 1.807) is 45.1 Å². The summed E-state index contributed by atoms with van der Waals surface area (Å²) in [7, 11) is -3.95. The van der Waals surface area contributed by atoms with E-state index in [1.165, 1.54) is 15.9 Å². The van der Waals surface area contributed by atoms with Gasteiger partial charge in [0, 0.05) is 33.6 Å². The highest BCUT2D eigenvalue weighted by atomic mass is 32.2. The molecule has 1 aromatic carbocycles. The molecular formula is C37H48FN3O9S. The third-order valence-electron chi connectivity index (χ3n) is 10.4. The summed E-state index contributed by atoms with van der Waals surface area (Å²) in [4.78, 5) is 71.5. The van der Waals surface area contributed by atoms with Crippen LogP contribution in [0.4, 0.5) is 9.18 Å². The number of ketones is 1. The zero-order valence-electron chi connectivity index (χ0n) is 31.3. The van der Waals surface area contributed by atoms with Gasteiger partial charge in [-0.15, -0.1) is 0 Å². The molecule has 5 atom stereocenters. The second-order valence-electron chi connectivity index (χ2n) is 15.5. The van der Waals surface area contributed by atoms with Gasteiger partial charge in [0.1, 0.15) is 17.5 Å². The van der Waals surface area contributed by atoms with Gasteiger partial charge < -0.3 is 14.4 Å². The van der Waals surface area contributed by atoms with Gasteiger partial charge in [-0.25, -0.2) is 17.6 Å². The van der Waals surface area contributed by atoms with E-state index in [1.807, 2.05) is 0 Å². The van der Waals surface area contributed by atoms with Crippen LogP contribution >= 0.6 is 0 Å². The van der Waals surface area contributed by atoms with Gasteiger partial charge in [-0.2, -0.15) is 0 Å². The molecule has 0 aromatic heterocycles. The zero-order valence-corrected chi connectivity index (χ0v) is 30.1. The van der Waals surface area contributed by atoms with Gasteiger partial charge in [-0.1, -0.05) is 37.1 Å². The first-order valence-electron chi connectivity index (χ1n) is 18.8. The van der Waals surface area contributed by atoms with Gasteiger partial charge in [0.05, 0.1) is 36.2 Å². The number of fused-ring (bicyclic) bond motifs is 3. The number of hydrogen-bond acceptors (Lipinski definition) is 9. The summed E-state index contributed by atoms with van der Waals surface area (Å²) in [6.07, 6.45) is 0.458. The lowest BCUT2D eigenvalue weighted by atomic mass is 9.90. The maximum absolute atomic E-state index is 14.4. The van der Waals surface area contributed by atoms with Gasteiger partial charge >= 0.3 is 12.1 Å². The number of esters is 1. The largest absolute Gasteiger partial charge is 0.460 e. The highest BCUT2D eigenvalue weighted by Gasteiger charge is 2.61. The number of carbonyl (C=O) groups excluding carboxylic acids is 5. The molecule has 0 spiro atoms. The fraction of sp³-hybridized carbons (Fsp3) is 0.649. The normalized spacial score (nSPS) is 30.7. The van der Waals surface area contributed by atoms with Crippen molar-refractivity contribution in [1.82, 2.24) is 14.5 Å². The maximum Gasteiger partial charge on any atom is 0.410 e.